The molecule has 0 bridgehead atoms. The van der Waals surface area contributed by atoms with Gasteiger partial charge in [-0.15, -0.1) is 0 Å². The molecule has 47 heavy (non-hydrogen) atoms. The zero-order chi connectivity index (χ0) is 33.5. The fourth-order valence-electron chi connectivity index (χ4n) is 11.2. The Morgan fingerprint density at radius 2 is 1.57 bits per heavy atom. The van der Waals surface area contributed by atoms with Gasteiger partial charge in [0.05, 0.1) is 47.1 Å². The monoisotopic (exact) mass is 664 g/mol. The minimum Gasteiger partial charge on any atom is -0.458 e. The fourth-order valence-corrected chi connectivity index (χ4v) is 11.2. The number of hydrogen-bond acceptors (Lipinski definition) is 12. The number of ether oxygens (including phenoxy) is 5. The Labute approximate surface area is 275 Å². The third-order valence-corrected chi connectivity index (χ3v) is 13.8. The molecule has 0 amide bonds. The summed E-state index contributed by atoms with van der Waals surface area (Å²) in [7, 11) is 0. The number of carbonyl (C=O) groups excluding carboxylic acids is 2. The predicted molar refractivity (Wildman–Crippen MR) is 163 cm³/mol. The van der Waals surface area contributed by atoms with Gasteiger partial charge in [-0.05, 0) is 88.5 Å². The van der Waals surface area contributed by atoms with E-state index in [0.717, 1.165) is 18.3 Å². The molecular weight excluding hydrogens is 612 g/mol. The van der Waals surface area contributed by atoms with Crippen LogP contribution in [0.1, 0.15) is 91.4 Å². The van der Waals surface area contributed by atoms with E-state index in [-0.39, 0.29) is 55.7 Å². The summed E-state index contributed by atoms with van der Waals surface area (Å²) in [6.07, 6.45) is 1.02. The molecule has 4 saturated carbocycles. The van der Waals surface area contributed by atoms with Gasteiger partial charge in [0.2, 0.25) is 0 Å². The molecule has 0 radical (unpaired) electrons. The van der Waals surface area contributed by atoms with Gasteiger partial charge >= 0.3 is 5.97 Å². The van der Waals surface area contributed by atoms with Gasteiger partial charge in [-0.2, -0.15) is 0 Å². The summed E-state index contributed by atoms with van der Waals surface area (Å²) < 4.78 is 29.4. The molecule has 7 aliphatic rings. The number of cyclic esters (lactones) is 1. The van der Waals surface area contributed by atoms with E-state index in [1.807, 2.05) is 0 Å². The van der Waals surface area contributed by atoms with Crippen LogP contribution in [0.25, 0.3) is 0 Å². The van der Waals surface area contributed by atoms with Gasteiger partial charge in [0.1, 0.15) is 25.1 Å². The lowest BCUT2D eigenvalue weighted by atomic mass is 9.41. The normalized spacial score (nSPS) is 54.6. The second kappa shape index (κ2) is 12.1. The van der Waals surface area contributed by atoms with E-state index < -0.39 is 71.2 Å². The second-order valence-corrected chi connectivity index (χ2v) is 16.0. The molecule has 7 rings (SSSR count). The third-order valence-electron chi connectivity index (χ3n) is 13.8. The van der Waals surface area contributed by atoms with Crippen molar-refractivity contribution in [1.29, 1.82) is 0 Å². The second-order valence-electron chi connectivity index (χ2n) is 16.0. The van der Waals surface area contributed by atoms with Crippen LogP contribution < -0.4 is 0 Å². The van der Waals surface area contributed by atoms with Gasteiger partial charge in [-0.25, -0.2) is 4.79 Å². The fraction of sp³-hybridized carbons (Fsp3) is 0.886. The van der Waals surface area contributed by atoms with Gasteiger partial charge in [0.15, 0.2) is 12.6 Å². The van der Waals surface area contributed by atoms with Crippen LogP contribution in [0, 0.1) is 28.6 Å². The lowest BCUT2D eigenvalue weighted by Gasteiger charge is -2.65. The lowest BCUT2D eigenvalue weighted by Crippen LogP contribution is -2.69. The van der Waals surface area contributed by atoms with Crippen molar-refractivity contribution in [2.45, 2.75) is 158 Å². The smallest absolute Gasteiger partial charge is 0.331 e. The van der Waals surface area contributed by atoms with Crippen LogP contribution in [0.3, 0.4) is 0 Å². The Balaban J connectivity index is 1.00. The van der Waals surface area contributed by atoms with E-state index in [4.69, 9.17) is 23.7 Å². The van der Waals surface area contributed by atoms with Crippen molar-refractivity contribution >= 4 is 12.3 Å². The van der Waals surface area contributed by atoms with Crippen LogP contribution in [0.4, 0.5) is 0 Å². The molecule has 2 saturated heterocycles. The van der Waals surface area contributed by atoms with E-state index in [1.165, 1.54) is 0 Å². The highest BCUT2D eigenvalue weighted by Gasteiger charge is 2.71. The maximum Gasteiger partial charge on any atom is 0.331 e. The first kappa shape index (κ1) is 34.0. The summed E-state index contributed by atoms with van der Waals surface area (Å²) in [5.41, 5.74) is -2.77. The minimum atomic E-state index is -1.29. The number of rotatable bonds is 6. The number of carbonyl (C=O) groups is 2. The number of aliphatic hydroxyl groups is 5. The van der Waals surface area contributed by atoms with Crippen molar-refractivity contribution in [3.8, 4) is 0 Å². The third kappa shape index (κ3) is 5.28. The van der Waals surface area contributed by atoms with Crippen LogP contribution in [-0.2, 0) is 33.3 Å². The summed E-state index contributed by atoms with van der Waals surface area (Å²) in [5, 5.41) is 55.9. The van der Waals surface area contributed by atoms with E-state index in [9.17, 15) is 35.1 Å². The molecule has 0 aromatic heterocycles. The first-order valence-electron chi connectivity index (χ1n) is 17.7. The minimum absolute atomic E-state index is 0.0495. The Morgan fingerprint density at radius 3 is 2.26 bits per heavy atom. The topological polar surface area (TPSA) is 181 Å². The van der Waals surface area contributed by atoms with Crippen molar-refractivity contribution in [3.05, 3.63) is 11.6 Å². The van der Waals surface area contributed by atoms with E-state index >= 15 is 0 Å². The standard InChI is InChI=1S/C35H52O12/c1-18-30(40)25(37)13-29(44-18)47-31-19(2)45-28(14-26(31)38)46-21-4-9-33(17-36)23-5-8-32(3)22(20-12-27(39)43-16-20)7-11-35(32,42)24(23)6-10-34(33,41)15-21/h12,17-19,21-26,28-31,37-38,40-42H,4-11,13-16H2,1-3H3/t18-,19-,21+,22-,23+,24-,25+,26+,28+,29+,30-,31-,32-,33+,34+,35+/m1/s1. The number of aldehydes is 1. The number of hydrogen-bond donors (Lipinski definition) is 5. The molecule has 16 atom stereocenters. The first-order chi connectivity index (χ1) is 22.2. The van der Waals surface area contributed by atoms with Crippen LogP contribution >= 0.6 is 0 Å². The largest absolute Gasteiger partial charge is 0.458 e. The van der Waals surface area contributed by atoms with Gasteiger partial charge in [-0.3, -0.25) is 0 Å². The molecule has 6 fully saturated rings. The molecule has 0 aromatic rings. The van der Waals surface area contributed by atoms with Crippen molar-refractivity contribution in [1.82, 2.24) is 0 Å². The Morgan fingerprint density at radius 1 is 0.872 bits per heavy atom. The zero-order valence-corrected chi connectivity index (χ0v) is 27.7. The van der Waals surface area contributed by atoms with Crippen molar-refractivity contribution in [2.75, 3.05) is 6.61 Å². The highest BCUT2D eigenvalue weighted by Crippen LogP contribution is 2.70. The zero-order valence-electron chi connectivity index (χ0n) is 27.7. The SMILES string of the molecule is C[C@H]1O[C@@H](O[C@H]2[C@@H](O)C[C@H](O[C@H]3CC[C@]4(C=O)[C@H]5CC[C@]6(C)[C@@H](C7=CC(=O)OC7)CC[C@]6(O)[C@@H]5CC[C@]4(O)C3)O[C@@H]2C)C[C@H](O)[C@@H]1O. The molecular formula is C35H52O12. The van der Waals surface area contributed by atoms with Crippen LogP contribution in [0.2, 0.25) is 0 Å². The maximum absolute atomic E-state index is 13.1. The number of aliphatic hydroxyl groups excluding tert-OH is 3. The summed E-state index contributed by atoms with van der Waals surface area (Å²) in [5.74, 6) is -0.575. The molecule has 3 heterocycles. The first-order valence-corrected chi connectivity index (χ1v) is 17.7. The summed E-state index contributed by atoms with van der Waals surface area (Å²) in [6.45, 7) is 5.84. The van der Waals surface area contributed by atoms with Gasteiger partial charge in [0.25, 0.3) is 0 Å². The van der Waals surface area contributed by atoms with Crippen LogP contribution in [0.5, 0.6) is 0 Å². The van der Waals surface area contributed by atoms with E-state index in [1.54, 1.807) is 19.9 Å². The highest BCUT2D eigenvalue weighted by molar-refractivity contribution is 5.85. The number of esters is 1. The van der Waals surface area contributed by atoms with Gasteiger partial charge < -0.3 is 54.0 Å². The lowest BCUT2D eigenvalue weighted by molar-refractivity contribution is -0.321. The molecule has 3 aliphatic heterocycles. The van der Waals surface area contributed by atoms with Crippen LogP contribution in [-0.4, -0.2) is 111 Å². The molecule has 5 N–H and O–H groups in total. The molecule has 12 heteroatoms. The van der Waals surface area contributed by atoms with E-state index in [0.29, 0.717) is 44.9 Å². The molecule has 0 aromatic carbocycles. The van der Waals surface area contributed by atoms with Gasteiger partial charge in [-0.1, -0.05) is 6.92 Å². The molecule has 264 valence electrons. The molecule has 0 spiro atoms. The highest BCUT2D eigenvalue weighted by atomic mass is 16.7. The van der Waals surface area contributed by atoms with Crippen molar-refractivity contribution in [3.63, 3.8) is 0 Å². The summed E-state index contributed by atoms with van der Waals surface area (Å²) >= 11 is 0. The molecule has 12 nitrogen and oxygen atoms in total. The Hall–Kier alpha value is -1.48. The quantitative estimate of drug-likeness (QED) is 0.158. The van der Waals surface area contributed by atoms with Gasteiger partial charge in [0, 0.05) is 30.8 Å². The molecule has 4 aliphatic carbocycles. The predicted octanol–water partition coefficient (Wildman–Crippen LogP) is 1.66. The number of fused-ring (bicyclic) bond motifs is 5. The average molecular weight is 665 g/mol. The van der Waals surface area contributed by atoms with Crippen molar-refractivity contribution < 1.29 is 58.8 Å². The maximum atomic E-state index is 13.1. The average Bonchev–Trinajstić information content (AvgIpc) is 3.56. The summed E-state index contributed by atoms with van der Waals surface area (Å²) in [6, 6.07) is 0. The Bertz CT molecular complexity index is 1230. The van der Waals surface area contributed by atoms with E-state index in [2.05, 4.69) is 6.92 Å². The van der Waals surface area contributed by atoms with Crippen LogP contribution in [0.15, 0.2) is 11.6 Å². The van der Waals surface area contributed by atoms with Crippen molar-refractivity contribution in [2.24, 2.45) is 28.6 Å². The molecule has 0 unspecified atom stereocenters. The summed E-state index contributed by atoms with van der Waals surface area (Å²) in [4.78, 5) is 25.0. The Kier molecular flexibility index (Phi) is 8.74.